The first kappa shape index (κ1) is 12.1. The Morgan fingerprint density at radius 2 is 2.08 bits per heavy atom. The summed E-state index contributed by atoms with van der Waals surface area (Å²) in [6.45, 7) is 0. The van der Waals surface area contributed by atoms with E-state index in [0.29, 0.717) is 17.7 Å². The molecule has 1 aromatic heterocycles. The number of carbonyl (C=O) groups is 1. The highest BCUT2D eigenvalue weighted by Crippen LogP contribution is 2.14. The van der Waals surface area contributed by atoms with Crippen molar-refractivity contribution in [2.75, 3.05) is 0 Å². The monoisotopic (exact) mass is 218 g/mol. The molecule has 1 heterocycles. The van der Waals surface area contributed by atoms with Crippen LogP contribution in [0.25, 0.3) is 6.08 Å². The van der Waals surface area contributed by atoms with Crippen LogP contribution in [0.5, 0.6) is 0 Å². The van der Waals surface area contributed by atoms with Gasteiger partial charge in [0.25, 0.3) is 0 Å². The molecule has 0 amide bonds. The predicted molar refractivity (Wildman–Crippen MR) is 54.5 cm³/mol. The average molecular weight is 219 g/mol. The largest absolute Gasteiger partial charge is 0.294 e. The fraction of sp³-hybridized carbons (Fsp3) is 0.125. The van der Waals surface area contributed by atoms with E-state index in [1.165, 1.54) is 6.20 Å². The van der Waals surface area contributed by atoms with Crippen LogP contribution < -0.4 is 0 Å². The Balaban J connectivity index is 0.000000720. The summed E-state index contributed by atoms with van der Waals surface area (Å²) in [5.74, 6) is 0.123. The third-order valence-corrected chi connectivity index (χ3v) is 1.63. The van der Waals surface area contributed by atoms with Crippen molar-refractivity contribution in [1.82, 2.24) is 10.2 Å². The van der Waals surface area contributed by atoms with Crippen molar-refractivity contribution in [3.8, 4) is 0 Å². The third kappa shape index (κ3) is 2.26. The number of carbonyl (C=O) groups excluding carboxylic acids is 1. The first-order valence-corrected chi connectivity index (χ1v) is 3.39. The van der Waals surface area contributed by atoms with Gasteiger partial charge in [-0.25, -0.2) is 0 Å². The molecule has 0 aromatic carbocycles. The van der Waals surface area contributed by atoms with E-state index >= 15 is 0 Å². The molecule has 0 spiro atoms. The quantitative estimate of drug-likeness (QED) is 0.669. The molecule has 5 heteroatoms. The molecule has 1 aliphatic rings. The van der Waals surface area contributed by atoms with Crippen molar-refractivity contribution >= 4 is 36.7 Å². The van der Waals surface area contributed by atoms with E-state index in [2.05, 4.69) is 10.2 Å². The van der Waals surface area contributed by atoms with Crippen LogP contribution in [0.2, 0.25) is 0 Å². The molecule has 0 unspecified atom stereocenters. The number of rotatable bonds is 0. The molecular weight excluding hydrogens is 211 g/mol. The van der Waals surface area contributed by atoms with Gasteiger partial charge in [-0.2, -0.15) is 10.2 Å². The van der Waals surface area contributed by atoms with Gasteiger partial charge in [0.2, 0.25) is 0 Å². The van der Waals surface area contributed by atoms with Crippen LogP contribution in [0.15, 0.2) is 18.3 Å². The summed E-state index contributed by atoms with van der Waals surface area (Å²) in [6, 6.07) is 1.70. The summed E-state index contributed by atoms with van der Waals surface area (Å²) in [4.78, 5) is 11.2. The highest BCUT2D eigenvalue weighted by atomic mass is 35.5. The smallest absolute Gasteiger partial charge is 0.168 e. The summed E-state index contributed by atoms with van der Waals surface area (Å²) in [6.07, 6.45) is 5.65. The van der Waals surface area contributed by atoms with Crippen molar-refractivity contribution in [3.05, 3.63) is 29.6 Å². The van der Waals surface area contributed by atoms with Gasteiger partial charge in [-0.3, -0.25) is 4.79 Å². The zero-order chi connectivity index (χ0) is 7.68. The van der Waals surface area contributed by atoms with E-state index in [9.17, 15) is 4.79 Å². The fourth-order valence-corrected chi connectivity index (χ4v) is 1.09. The van der Waals surface area contributed by atoms with Gasteiger partial charge in [-0.15, -0.1) is 24.8 Å². The van der Waals surface area contributed by atoms with Crippen molar-refractivity contribution in [3.63, 3.8) is 0 Å². The SMILES string of the molecule is Cl.Cl.O=C1CC=Cc2nnccc21. The van der Waals surface area contributed by atoms with Crippen LogP contribution in [0.4, 0.5) is 0 Å². The van der Waals surface area contributed by atoms with Crippen LogP contribution >= 0.6 is 24.8 Å². The second-order valence-electron chi connectivity index (χ2n) is 2.36. The van der Waals surface area contributed by atoms with Crippen molar-refractivity contribution in [2.45, 2.75) is 6.42 Å². The van der Waals surface area contributed by atoms with E-state index in [-0.39, 0.29) is 30.6 Å². The molecule has 13 heavy (non-hydrogen) atoms. The average Bonchev–Trinajstić information content (AvgIpc) is 2.06. The number of halogens is 2. The maximum absolute atomic E-state index is 11.2. The molecule has 0 bridgehead atoms. The minimum atomic E-state index is 0. The Hall–Kier alpha value is -0.930. The molecule has 0 saturated carbocycles. The van der Waals surface area contributed by atoms with Gasteiger partial charge in [0, 0.05) is 12.0 Å². The molecule has 1 aromatic rings. The van der Waals surface area contributed by atoms with Crippen molar-refractivity contribution in [2.24, 2.45) is 0 Å². The second-order valence-corrected chi connectivity index (χ2v) is 2.36. The lowest BCUT2D eigenvalue weighted by Crippen LogP contribution is -2.06. The van der Waals surface area contributed by atoms with Gasteiger partial charge in [-0.05, 0) is 12.1 Å². The minimum Gasteiger partial charge on any atom is -0.294 e. The molecule has 0 atom stereocenters. The normalized spacial score (nSPS) is 12.5. The van der Waals surface area contributed by atoms with Gasteiger partial charge < -0.3 is 0 Å². The predicted octanol–water partition coefficient (Wildman–Crippen LogP) is 1.92. The number of ketones is 1. The number of nitrogens with zero attached hydrogens (tertiary/aromatic N) is 2. The van der Waals surface area contributed by atoms with Crippen LogP contribution in [0.1, 0.15) is 22.5 Å². The fourth-order valence-electron chi connectivity index (χ4n) is 1.09. The lowest BCUT2D eigenvalue weighted by Gasteiger charge is -2.04. The van der Waals surface area contributed by atoms with Crippen LogP contribution in [-0.4, -0.2) is 16.0 Å². The van der Waals surface area contributed by atoms with Gasteiger partial charge in [-0.1, -0.05) is 6.08 Å². The second kappa shape index (κ2) is 4.94. The van der Waals surface area contributed by atoms with Crippen LogP contribution in [0.3, 0.4) is 0 Å². The van der Waals surface area contributed by atoms with E-state index in [0.717, 1.165) is 0 Å². The Kier molecular flexibility index (Phi) is 4.59. The molecule has 0 radical (unpaired) electrons. The zero-order valence-corrected chi connectivity index (χ0v) is 8.27. The Morgan fingerprint density at radius 1 is 1.31 bits per heavy atom. The van der Waals surface area contributed by atoms with Crippen molar-refractivity contribution in [1.29, 1.82) is 0 Å². The molecular formula is C8H8Cl2N2O. The number of aromatic nitrogens is 2. The molecule has 3 nitrogen and oxygen atoms in total. The maximum atomic E-state index is 11.2. The standard InChI is InChI=1S/C8H6N2O.2ClH/c11-8-3-1-2-7-6(8)4-5-9-10-7;;/h1-2,4-5H,3H2;2*1H. The van der Waals surface area contributed by atoms with E-state index in [1.807, 2.05) is 6.08 Å². The lowest BCUT2D eigenvalue weighted by molar-refractivity contribution is 0.0994. The number of allylic oxidation sites excluding steroid dienone is 1. The summed E-state index contributed by atoms with van der Waals surface area (Å²) in [5, 5.41) is 7.49. The van der Waals surface area contributed by atoms with Crippen LogP contribution in [-0.2, 0) is 0 Å². The summed E-state index contributed by atoms with van der Waals surface area (Å²) < 4.78 is 0. The first-order valence-electron chi connectivity index (χ1n) is 3.39. The number of hydrogen-bond donors (Lipinski definition) is 0. The lowest BCUT2D eigenvalue weighted by atomic mass is 10.0. The van der Waals surface area contributed by atoms with E-state index in [4.69, 9.17) is 0 Å². The molecule has 0 N–H and O–H groups in total. The summed E-state index contributed by atoms with van der Waals surface area (Å²) >= 11 is 0. The topological polar surface area (TPSA) is 42.9 Å². The van der Waals surface area contributed by atoms with Gasteiger partial charge in [0.05, 0.1) is 11.9 Å². The molecule has 2 rings (SSSR count). The number of Topliss-reactive ketones (excluding diaryl/α,β-unsaturated/α-hetero) is 1. The highest BCUT2D eigenvalue weighted by molar-refractivity contribution is 6.01. The zero-order valence-electron chi connectivity index (χ0n) is 6.64. The van der Waals surface area contributed by atoms with Gasteiger partial charge in [0.15, 0.2) is 5.78 Å². The minimum absolute atomic E-state index is 0. The highest BCUT2D eigenvalue weighted by Gasteiger charge is 2.12. The first-order chi connectivity index (χ1) is 5.38. The van der Waals surface area contributed by atoms with Gasteiger partial charge in [0.1, 0.15) is 0 Å². The number of fused-ring (bicyclic) bond motifs is 1. The maximum Gasteiger partial charge on any atom is 0.168 e. The molecule has 0 aliphatic heterocycles. The molecule has 0 fully saturated rings. The number of hydrogen-bond acceptors (Lipinski definition) is 3. The summed E-state index contributed by atoms with van der Waals surface area (Å²) in [5.41, 5.74) is 1.37. The third-order valence-electron chi connectivity index (χ3n) is 1.63. The van der Waals surface area contributed by atoms with E-state index < -0.39 is 0 Å². The van der Waals surface area contributed by atoms with Crippen LogP contribution in [0, 0.1) is 0 Å². The Labute approximate surface area is 88.1 Å². The molecule has 70 valence electrons. The molecule has 1 aliphatic carbocycles. The van der Waals surface area contributed by atoms with E-state index in [1.54, 1.807) is 12.1 Å². The Morgan fingerprint density at radius 3 is 2.77 bits per heavy atom. The molecule has 0 saturated heterocycles. The Bertz CT molecular complexity index is 339. The van der Waals surface area contributed by atoms with Gasteiger partial charge >= 0.3 is 0 Å². The van der Waals surface area contributed by atoms with Crippen molar-refractivity contribution < 1.29 is 4.79 Å². The summed E-state index contributed by atoms with van der Waals surface area (Å²) in [7, 11) is 0.